The van der Waals surface area contributed by atoms with Crippen LogP contribution < -0.4 is 10.9 Å². The Labute approximate surface area is 162 Å². The number of aromatic nitrogens is 3. The Balaban J connectivity index is 2.01. The van der Waals surface area contributed by atoms with E-state index in [1.54, 1.807) is 6.20 Å². The molecule has 142 valence electrons. The van der Waals surface area contributed by atoms with E-state index >= 15 is 0 Å². The highest BCUT2D eigenvalue weighted by molar-refractivity contribution is 6.30. The van der Waals surface area contributed by atoms with Crippen molar-refractivity contribution >= 4 is 28.3 Å². The summed E-state index contributed by atoms with van der Waals surface area (Å²) in [6.07, 6.45) is 1.67. The van der Waals surface area contributed by atoms with E-state index < -0.39 is 0 Å². The van der Waals surface area contributed by atoms with Crippen molar-refractivity contribution in [2.75, 3.05) is 0 Å². The predicted octanol–water partition coefficient (Wildman–Crippen LogP) is 3.04. The van der Waals surface area contributed by atoms with Crippen molar-refractivity contribution < 1.29 is 4.79 Å². The second-order valence-electron chi connectivity index (χ2n) is 7.00. The number of benzene rings is 1. The molecule has 3 aromatic rings. The zero-order valence-corrected chi connectivity index (χ0v) is 16.7. The maximum Gasteiger partial charge on any atom is 0.276 e. The van der Waals surface area contributed by atoms with Gasteiger partial charge in [-0.2, -0.15) is 5.10 Å². The highest BCUT2D eigenvalue weighted by Crippen LogP contribution is 2.23. The number of carbonyl (C=O) groups is 1. The van der Waals surface area contributed by atoms with Gasteiger partial charge in [0.1, 0.15) is 6.54 Å². The molecule has 0 aliphatic heterocycles. The van der Waals surface area contributed by atoms with Gasteiger partial charge in [0.25, 0.3) is 5.56 Å². The van der Waals surface area contributed by atoms with Crippen LogP contribution in [-0.2, 0) is 17.9 Å². The molecule has 0 radical (unpaired) electrons. The van der Waals surface area contributed by atoms with E-state index in [0.29, 0.717) is 17.0 Å². The summed E-state index contributed by atoms with van der Waals surface area (Å²) in [6.45, 7) is 8.20. The van der Waals surface area contributed by atoms with Gasteiger partial charge in [0.05, 0.1) is 11.6 Å². The van der Waals surface area contributed by atoms with E-state index in [-0.39, 0.29) is 24.1 Å². The van der Waals surface area contributed by atoms with Gasteiger partial charge in [0.15, 0.2) is 0 Å². The minimum absolute atomic E-state index is 0.0152. The van der Waals surface area contributed by atoms with Crippen LogP contribution in [0, 0.1) is 13.8 Å². The van der Waals surface area contributed by atoms with E-state index in [4.69, 9.17) is 11.6 Å². The Morgan fingerprint density at radius 2 is 1.85 bits per heavy atom. The predicted molar refractivity (Wildman–Crippen MR) is 107 cm³/mol. The molecule has 0 unspecified atom stereocenters. The van der Waals surface area contributed by atoms with Gasteiger partial charge in [-0.25, -0.2) is 4.68 Å². The van der Waals surface area contributed by atoms with Gasteiger partial charge in [-0.1, -0.05) is 23.7 Å². The van der Waals surface area contributed by atoms with Crippen LogP contribution in [0.1, 0.15) is 30.8 Å². The van der Waals surface area contributed by atoms with Gasteiger partial charge >= 0.3 is 0 Å². The number of nitrogens with one attached hydrogen (secondary N) is 1. The number of hydrogen-bond donors (Lipinski definition) is 1. The first kappa shape index (κ1) is 19.2. The number of rotatable bonds is 5. The monoisotopic (exact) mass is 386 g/mol. The summed E-state index contributed by atoms with van der Waals surface area (Å²) in [6, 6.07) is 7.66. The highest BCUT2D eigenvalue weighted by Gasteiger charge is 2.17. The lowest BCUT2D eigenvalue weighted by Gasteiger charge is -2.09. The average Bonchev–Trinajstić information content (AvgIpc) is 2.83. The third kappa shape index (κ3) is 3.90. The molecule has 0 saturated heterocycles. The van der Waals surface area contributed by atoms with Crippen LogP contribution in [0.5, 0.6) is 0 Å². The molecule has 27 heavy (non-hydrogen) atoms. The first-order valence-electron chi connectivity index (χ1n) is 8.87. The van der Waals surface area contributed by atoms with Gasteiger partial charge in [-0.15, -0.1) is 0 Å². The minimum atomic E-state index is -0.248. The van der Waals surface area contributed by atoms with Crippen molar-refractivity contribution in [2.24, 2.45) is 0 Å². The molecule has 1 amide bonds. The molecular weight excluding hydrogens is 364 g/mol. The number of aryl methyl sites for hydroxylation is 2. The lowest BCUT2D eigenvalue weighted by atomic mass is 10.2. The van der Waals surface area contributed by atoms with E-state index in [9.17, 15) is 9.59 Å². The van der Waals surface area contributed by atoms with Gasteiger partial charge in [0, 0.05) is 34.4 Å². The standard InChI is InChI=1S/C20H23ClN4O2/c1-12(2)23-18(26)11-25-20(27)19-14(4)24(13(3)17(19)9-22-25)10-15-5-7-16(21)8-6-15/h5-9,12H,10-11H2,1-4H3,(H,23,26). The summed E-state index contributed by atoms with van der Waals surface area (Å²) in [7, 11) is 0. The molecule has 6 nitrogen and oxygen atoms in total. The van der Waals surface area contributed by atoms with Crippen molar-refractivity contribution in [1.82, 2.24) is 19.7 Å². The summed E-state index contributed by atoms with van der Waals surface area (Å²) >= 11 is 5.96. The van der Waals surface area contributed by atoms with Crippen LogP contribution in [0.4, 0.5) is 0 Å². The molecular formula is C20H23ClN4O2. The SMILES string of the molecule is Cc1c2cnn(CC(=O)NC(C)C)c(=O)c2c(C)n1Cc1ccc(Cl)cc1. The van der Waals surface area contributed by atoms with Gasteiger partial charge in [-0.3, -0.25) is 9.59 Å². The van der Waals surface area contributed by atoms with Crippen LogP contribution in [0.25, 0.3) is 10.8 Å². The summed E-state index contributed by atoms with van der Waals surface area (Å²) < 4.78 is 3.31. The Morgan fingerprint density at radius 3 is 2.48 bits per heavy atom. The Hall–Kier alpha value is -2.60. The smallest absolute Gasteiger partial charge is 0.276 e. The number of halogens is 1. The molecule has 1 aromatic carbocycles. The number of carbonyl (C=O) groups excluding carboxylic acids is 1. The van der Waals surface area contributed by atoms with Crippen LogP contribution in [0.2, 0.25) is 5.02 Å². The summed E-state index contributed by atoms with van der Waals surface area (Å²) in [5.74, 6) is -0.228. The molecule has 3 rings (SSSR count). The van der Waals surface area contributed by atoms with Gasteiger partial charge in [-0.05, 0) is 45.4 Å². The second kappa shape index (κ2) is 7.56. The average molecular weight is 387 g/mol. The first-order valence-corrected chi connectivity index (χ1v) is 9.25. The van der Waals surface area contributed by atoms with Gasteiger partial charge < -0.3 is 9.88 Å². The molecule has 0 saturated carbocycles. The van der Waals surface area contributed by atoms with Crippen LogP contribution >= 0.6 is 11.6 Å². The molecule has 0 aliphatic carbocycles. The molecule has 0 spiro atoms. The number of hydrogen-bond acceptors (Lipinski definition) is 3. The lowest BCUT2D eigenvalue weighted by molar-refractivity contribution is -0.122. The molecule has 2 heterocycles. The molecule has 0 bridgehead atoms. The fourth-order valence-electron chi connectivity index (χ4n) is 3.27. The summed E-state index contributed by atoms with van der Waals surface area (Å²) in [5, 5.41) is 9.09. The largest absolute Gasteiger partial charge is 0.352 e. The second-order valence-corrected chi connectivity index (χ2v) is 7.44. The van der Waals surface area contributed by atoms with Crippen LogP contribution in [-0.4, -0.2) is 26.3 Å². The van der Waals surface area contributed by atoms with Crippen LogP contribution in [0.3, 0.4) is 0 Å². The highest BCUT2D eigenvalue weighted by atomic mass is 35.5. The van der Waals surface area contributed by atoms with E-state index in [1.807, 2.05) is 52.0 Å². The van der Waals surface area contributed by atoms with E-state index in [2.05, 4.69) is 15.0 Å². The lowest BCUT2D eigenvalue weighted by Crippen LogP contribution is -2.36. The normalized spacial score (nSPS) is 11.3. The maximum absolute atomic E-state index is 12.9. The molecule has 0 aliphatic rings. The third-order valence-electron chi connectivity index (χ3n) is 4.60. The quantitative estimate of drug-likeness (QED) is 0.732. The summed E-state index contributed by atoms with van der Waals surface area (Å²) in [5.41, 5.74) is 2.68. The molecule has 0 atom stereocenters. The van der Waals surface area contributed by atoms with Crippen molar-refractivity contribution in [3.8, 4) is 0 Å². The molecule has 7 heteroatoms. The van der Waals surface area contributed by atoms with E-state index in [1.165, 1.54) is 4.68 Å². The van der Waals surface area contributed by atoms with Gasteiger partial charge in [0.2, 0.25) is 5.91 Å². The van der Waals surface area contributed by atoms with Crippen LogP contribution in [0.15, 0.2) is 35.3 Å². The molecule has 2 aromatic heterocycles. The maximum atomic E-state index is 12.9. The van der Waals surface area contributed by atoms with E-state index in [0.717, 1.165) is 22.3 Å². The number of amides is 1. The van der Waals surface area contributed by atoms with Crippen molar-refractivity contribution in [1.29, 1.82) is 0 Å². The molecule has 1 N–H and O–H groups in total. The molecule has 0 fully saturated rings. The first-order chi connectivity index (χ1) is 12.8. The van der Waals surface area contributed by atoms with Crippen molar-refractivity contribution in [2.45, 2.75) is 46.8 Å². The fourth-order valence-corrected chi connectivity index (χ4v) is 3.40. The van der Waals surface area contributed by atoms with Crippen molar-refractivity contribution in [3.63, 3.8) is 0 Å². The zero-order valence-electron chi connectivity index (χ0n) is 15.9. The number of fused-ring (bicyclic) bond motifs is 1. The van der Waals surface area contributed by atoms with Crippen molar-refractivity contribution in [3.05, 3.63) is 62.8 Å². The minimum Gasteiger partial charge on any atom is -0.352 e. The Morgan fingerprint density at radius 1 is 1.19 bits per heavy atom. The third-order valence-corrected chi connectivity index (χ3v) is 4.85. The number of nitrogens with zero attached hydrogens (tertiary/aromatic N) is 3. The Kier molecular flexibility index (Phi) is 5.37. The topological polar surface area (TPSA) is 68.9 Å². The zero-order chi connectivity index (χ0) is 19.7. The summed E-state index contributed by atoms with van der Waals surface area (Å²) in [4.78, 5) is 24.9. The fraction of sp³-hybridized carbons (Fsp3) is 0.350. The Bertz CT molecular complexity index is 1050.